The van der Waals surface area contributed by atoms with Crippen molar-refractivity contribution >= 4 is 33.5 Å². The van der Waals surface area contributed by atoms with E-state index in [1.165, 1.54) is 56.9 Å². The zero-order chi connectivity index (χ0) is 28.5. The molecule has 6 aromatic rings. The Morgan fingerprint density at radius 1 is 0.561 bits per heavy atom. The van der Waals surface area contributed by atoms with Gasteiger partial charge in [0.2, 0.25) is 0 Å². The molecular weight excluding hydrogens is 558 g/mol. The third-order valence-electron chi connectivity index (χ3n) is 6.24. The zero-order valence-corrected chi connectivity index (χ0v) is 23.5. The molecule has 0 aliphatic carbocycles. The first kappa shape index (κ1) is 31.1. The maximum atomic E-state index is 12.2. The number of benzene rings is 4. The normalized spacial score (nSPS) is 10.1. The average Bonchev–Trinajstić information content (AvgIpc) is 3.56. The Balaban J connectivity index is 0.000000187. The molecule has 6 rings (SSSR count). The van der Waals surface area contributed by atoms with E-state index in [0.29, 0.717) is 0 Å². The quantitative estimate of drug-likeness (QED) is 0.158. The summed E-state index contributed by atoms with van der Waals surface area (Å²) in [5.41, 5.74) is 3.08. The van der Waals surface area contributed by atoms with Crippen molar-refractivity contribution in [1.29, 1.82) is 0 Å². The van der Waals surface area contributed by atoms with Crippen LogP contribution in [0.4, 0.5) is 8.78 Å². The van der Waals surface area contributed by atoms with Crippen molar-refractivity contribution < 1.29 is 50.3 Å². The summed E-state index contributed by atoms with van der Waals surface area (Å²) < 4.78 is 24.3. The van der Waals surface area contributed by atoms with Crippen molar-refractivity contribution in [2.24, 2.45) is 0 Å². The van der Waals surface area contributed by atoms with Crippen LogP contribution in [0.5, 0.6) is 0 Å². The molecule has 0 aliphatic rings. The fourth-order valence-electron chi connectivity index (χ4n) is 4.19. The van der Waals surface area contributed by atoms with Crippen LogP contribution in [0.15, 0.2) is 121 Å². The maximum Gasteiger partial charge on any atom is 2.00 e. The topological polar surface area (TPSA) is 74.6 Å². The van der Waals surface area contributed by atoms with E-state index in [9.17, 15) is 18.4 Å². The molecule has 0 heterocycles. The summed E-state index contributed by atoms with van der Waals surface area (Å²) in [6, 6.07) is 35.8. The standard InChI is InChI=1S/C20H16.2C7H5FO2.Ti/c1-2-6-18-12-15(11-17(18)5-1)9-10-16-13-19-7-3-4-8-20(19)14-16;2*8-6-3-1-5(2-4-6)7(9)10;/h1-8,11-14H,9-10H2;2*1-4H,(H,9,10);/q-2;;;+2. The summed E-state index contributed by atoms with van der Waals surface area (Å²) in [5, 5.41) is 22.1. The van der Waals surface area contributed by atoms with Crippen LogP contribution in [-0.2, 0) is 34.6 Å². The number of rotatable bonds is 5. The van der Waals surface area contributed by atoms with E-state index in [1.54, 1.807) is 0 Å². The van der Waals surface area contributed by atoms with Gasteiger partial charge in [0.05, 0.1) is 11.1 Å². The first-order valence-electron chi connectivity index (χ1n) is 12.5. The minimum atomic E-state index is -1.04. The van der Waals surface area contributed by atoms with Crippen molar-refractivity contribution in [2.45, 2.75) is 12.8 Å². The largest absolute Gasteiger partial charge is 2.00 e. The first-order valence-corrected chi connectivity index (χ1v) is 12.5. The summed E-state index contributed by atoms with van der Waals surface area (Å²) >= 11 is 0. The zero-order valence-electron chi connectivity index (χ0n) is 21.9. The Kier molecular flexibility index (Phi) is 11.3. The third kappa shape index (κ3) is 9.07. The molecule has 0 aliphatic heterocycles. The second-order valence-electron chi connectivity index (χ2n) is 9.11. The van der Waals surface area contributed by atoms with E-state index in [0.717, 1.165) is 37.1 Å². The van der Waals surface area contributed by atoms with Gasteiger partial charge >= 0.3 is 33.7 Å². The molecule has 7 heteroatoms. The summed E-state index contributed by atoms with van der Waals surface area (Å²) in [7, 11) is 0. The molecule has 0 atom stereocenters. The average molecular weight is 584 g/mol. The minimum absolute atomic E-state index is 0. The molecule has 6 aromatic carbocycles. The van der Waals surface area contributed by atoms with Gasteiger partial charge in [-0.3, -0.25) is 0 Å². The van der Waals surface area contributed by atoms with Crippen LogP contribution in [0, 0.1) is 11.6 Å². The van der Waals surface area contributed by atoms with Crippen LogP contribution in [0.3, 0.4) is 0 Å². The number of carboxylic acid groups (broad SMARTS) is 2. The monoisotopic (exact) mass is 584 g/mol. The molecule has 0 unspecified atom stereocenters. The smallest absolute Gasteiger partial charge is 0.478 e. The van der Waals surface area contributed by atoms with Gasteiger partial charge in [-0.15, -0.1) is 81.2 Å². The molecule has 0 saturated heterocycles. The molecule has 0 radical (unpaired) electrons. The summed E-state index contributed by atoms with van der Waals surface area (Å²) in [6.45, 7) is 0. The number of carbonyl (C=O) groups is 2. The van der Waals surface area contributed by atoms with Gasteiger partial charge in [-0.2, -0.15) is 12.1 Å². The number of halogens is 2. The molecule has 204 valence electrons. The van der Waals surface area contributed by atoms with Gasteiger partial charge in [-0.25, -0.2) is 18.4 Å². The SMILES string of the molecule is O=C(O)c1ccc(F)cc1.O=C(O)c1ccc(F)cc1.[Ti+2].c1ccc2[cH-]c(CCc3cc4ccccc4[cH-]3)cc2c1. The number of hydrogen-bond acceptors (Lipinski definition) is 2. The van der Waals surface area contributed by atoms with Gasteiger partial charge in [0.15, 0.2) is 0 Å². The predicted molar refractivity (Wildman–Crippen MR) is 153 cm³/mol. The minimum Gasteiger partial charge on any atom is -0.478 e. The maximum absolute atomic E-state index is 12.2. The molecule has 2 N–H and O–H groups in total. The van der Waals surface area contributed by atoms with Crippen LogP contribution in [-0.4, -0.2) is 22.2 Å². The van der Waals surface area contributed by atoms with E-state index in [1.807, 2.05) is 0 Å². The fourth-order valence-corrected chi connectivity index (χ4v) is 4.19. The summed E-state index contributed by atoms with van der Waals surface area (Å²) in [4.78, 5) is 20.4. The van der Waals surface area contributed by atoms with Gasteiger partial charge in [0, 0.05) is 0 Å². The van der Waals surface area contributed by atoms with E-state index < -0.39 is 23.6 Å². The summed E-state index contributed by atoms with van der Waals surface area (Å²) in [5.74, 6) is -2.94. The van der Waals surface area contributed by atoms with Gasteiger partial charge in [0.25, 0.3) is 0 Å². The molecule has 0 saturated carbocycles. The van der Waals surface area contributed by atoms with Crippen LogP contribution in [0.2, 0.25) is 0 Å². The number of aromatic carboxylic acids is 2. The van der Waals surface area contributed by atoms with Crippen molar-refractivity contribution in [3.8, 4) is 0 Å². The number of hydrogen-bond donors (Lipinski definition) is 2. The number of carboxylic acids is 2. The molecule has 0 aromatic heterocycles. The Labute approximate surface area is 251 Å². The second kappa shape index (κ2) is 14.8. The molecule has 41 heavy (non-hydrogen) atoms. The second-order valence-corrected chi connectivity index (χ2v) is 9.11. The van der Waals surface area contributed by atoms with Gasteiger partial charge < -0.3 is 10.2 Å². The molecular formula is C34H26F2O4Ti. The molecule has 0 amide bonds. The Hall–Kier alpha value is -4.39. The first-order chi connectivity index (χ1) is 19.3. The van der Waals surface area contributed by atoms with E-state index in [-0.39, 0.29) is 32.8 Å². The Morgan fingerprint density at radius 2 is 0.902 bits per heavy atom. The van der Waals surface area contributed by atoms with Crippen molar-refractivity contribution in [1.82, 2.24) is 0 Å². The van der Waals surface area contributed by atoms with E-state index >= 15 is 0 Å². The van der Waals surface area contributed by atoms with Gasteiger partial charge in [-0.05, 0) is 61.4 Å². The summed E-state index contributed by atoms with van der Waals surface area (Å²) in [6.07, 6.45) is 2.23. The van der Waals surface area contributed by atoms with Crippen molar-refractivity contribution in [3.05, 3.63) is 155 Å². The van der Waals surface area contributed by atoms with Crippen molar-refractivity contribution in [3.63, 3.8) is 0 Å². The Bertz CT molecular complexity index is 1520. The number of fused-ring (bicyclic) bond motifs is 2. The van der Waals surface area contributed by atoms with E-state index in [4.69, 9.17) is 10.2 Å². The van der Waals surface area contributed by atoms with Crippen LogP contribution in [0.25, 0.3) is 21.5 Å². The molecule has 0 fully saturated rings. The fraction of sp³-hybridized carbons (Fsp3) is 0.0588. The van der Waals surface area contributed by atoms with Crippen LogP contribution < -0.4 is 0 Å². The third-order valence-corrected chi connectivity index (χ3v) is 6.24. The van der Waals surface area contributed by atoms with Gasteiger partial charge in [-0.1, -0.05) is 12.1 Å². The predicted octanol–water partition coefficient (Wildman–Crippen LogP) is 8.26. The Morgan fingerprint density at radius 3 is 1.22 bits per heavy atom. The van der Waals surface area contributed by atoms with Crippen LogP contribution in [0.1, 0.15) is 31.8 Å². The van der Waals surface area contributed by atoms with Crippen molar-refractivity contribution in [2.75, 3.05) is 0 Å². The molecule has 0 spiro atoms. The molecule has 4 nitrogen and oxygen atoms in total. The molecule has 0 bridgehead atoms. The van der Waals surface area contributed by atoms with Crippen LogP contribution >= 0.6 is 0 Å². The van der Waals surface area contributed by atoms with Gasteiger partial charge in [0.1, 0.15) is 11.6 Å². The van der Waals surface area contributed by atoms with E-state index in [2.05, 4.69) is 72.8 Å². The number of aryl methyl sites for hydroxylation is 2.